The van der Waals surface area contributed by atoms with Crippen LogP contribution in [-0.2, 0) is 9.59 Å². The second-order valence-corrected chi connectivity index (χ2v) is 7.80. The fourth-order valence-electron chi connectivity index (χ4n) is 4.16. The Morgan fingerprint density at radius 2 is 1.74 bits per heavy atom. The van der Waals surface area contributed by atoms with Crippen LogP contribution in [-0.4, -0.2) is 30.5 Å². The molecule has 3 aromatic carbocycles. The summed E-state index contributed by atoms with van der Waals surface area (Å²) in [5.41, 5.74) is 1.90. The van der Waals surface area contributed by atoms with E-state index in [2.05, 4.69) is 0 Å². The Bertz CT molecular complexity index is 1280. The summed E-state index contributed by atoms with van der Waals surface area (Å²) >= 11 is 0. The number of aliphatic hydroxyl groups excluding tert-OH is 1. The number of ketones is 1. The molecule has 1 heterocycles. The van der Waals surface area contributed by atoms with Crippen LogP contribution in [0.4, 0.5) is 10.1 Å². The highest BCUT2D eigenvalue weighted by atomic mass is 19.1. The van der Waals surface area contributed by atoms with Gasteiger partial charge in [0.2, 0.25) is 0 Å². The SMILES string of the molecule is CCOc1ccc(/C(O)=C2\C(=O)C(=O)N(c3ccc(F)cc3)C2c2ccccc2OC)cc1C. The number of ether oxygens (including phenoxy) is 2. The molecule has 0 spiro atoms. The number of halogens is 1. The highest BCUT2D eigenvalue weighted by molar-refractivity contribution is 6.51. The van der Waals surface area contributed by atoms with Gasteiger partial charge in [0.1, 0.15) is 23.1 Å². The second-order valence-electron chi connectivity index (χ2n) is 7.80. The minimum atomic E-state index is -0.978. The molecule has 34 heavy (non-hydrogen) atoms. The van der Waals surface area contributed by atoms with Crippen molar-refractivity contribution in [3.05, 3.63) is 94.8 Å². The van der Waals surface area contributed by atoms with Crippen molar-refractivity contribution in [1.82, 2.24) is 0 Å². The third-order valence-electron chi connectivity index (χ3n) is 5.73. The molecule has 0 saturated carbocycles. The highest BCUT2D eigenvalue weighted by Gasteiger charge is 2.47. The maximum atomic E-state index is 13.6. The van der Waals surface area contributed by atoms with E-state index in [1.807, 2.05) is 13.8 Å². The Morgan fingerprint density at radius 3 is 2.38 bits per heavy atom. The molecule has 7 heteroatoms. The van der Waals surface area contributed by atoms with E-state index in [-0.39, 0.29) is 11.3 Å². The first-order valence-electron chi connectivity index (χ1n) is 10.8. The summed E-state index contributed by atoms with van der Waals surface area (Å²) < 4.78 is 24.7. The zero-order chi connectivity index (χ0) is 24.4. The van der Waals surface area contributed by atoms with Crippen LogP contribution < -0.4 is 14.4 Å². The maximum absolute atomic E-state index is 13.6. The van der Waals surface area contributed by atoms with Crippen LogP contribution in [0.15, 0.2) is 72.3 Å². The Labute approximate surface area is 196 Å². The molecular formula is C27H24FNO5. The summed E-state index contributed by atoms with van der Waals surface area (Å²) in [6.07, 6.45) is 0. The highest BCUT2D eigenvalue weighted by Crippen LogP contribution is 2.45. The summed E-state index contributed by atoms with van der Waals surface area (Å²) in [5, 5.41) is 11.3. The number of carbonyl (C=O) groups excluding carboxylic acids is 2. The van der Waals surface area contributed by atoms with Gasteiger partial charge in [0.05, 0.1) is 25.3 Å². The van der Waals surface area contributed by atoms with E-state index in [9.17, 15) is 19.1 Å². The quantitative estimate of drug-likeness (QED) is 0.312. The van der Waals surface area contributed by atoms with E-state index in [1.54, 1.807) is 42.5 Å². The average Bonchev–Trinajstić information content (AvgIpc) is 3.10. The monoisotopic (exact) mass is 461 g/mol. The van der Waals surface area contributed by atoms with Gasteiger partial charge in [-0.1, -0.05) is 18.2 Å². The van der Waals surface area contributed by atoms with Gasteiger partial charge in [-0.2, -0.15) is 0 Å². The van der Waals surface area contributed by atoms with E-state index in [0.29, 0.717) is 34.9 Å². The standard InChI is InChI=1S/C27H24FNO5/c1-4-34-21-14-9-17(15-16(21)2)25(30)23-24(20-7-5-6-8-22(20)33-3)29(27(32)26(23)31)19-12-10-18(28)11-13-19/h5-15,24,30H,4H2,1-3H3/b25-23+. The Kier molecular flexibility index (Phi) is 6.36. The minimum absolute atomic E-state index is 0.0811. The molecular weight excluding hydrogens is 437 g/mol. The Morgan fingerprint density at radius 1 is 1.03 bits per heavy atom. The van der Waals surface area contributed by atoms with E-state index in [4.69, 9.17) is 9.47 Å². The maximum Gasteiger partial charge on any atom is 0.300 e. The molecule has 4 rings (SSSR count). The van der Waals surface area contributed by atoms with Gasteiger partial charge in [0.15, 0.2) is 0 Å². The van der Waals surface area contributed by atoms with Crippen LogP contribution in [0.3, 0.4) is 0 Å². The van der Waals surface area contributed by atoms with Gasteiger partial charge < -0.3 is 14.6 Å². The zero-order valence-electron chi connectivity index (χ0n) is 19.0. The number of para-hydroxylation sites is 1. The summed E-state index contributed by atoms with van der Waals surface area (Å²) in [6.45, 7) is 4.19. The van der Waals surface area contributed by atoms with Gasteiger partial charge in [0.25, 0.3) is 11.7 Å². The third-order valence-corrected chi connectivity index (χ3v) is 5.73. The van der Waals surface area contributed by atoms with Crippen LogP contribution >= 0.6 is 0 Å². The van der Waals surface area contributed by atoms with E-state index >= 15 is 0 Å². The van der Waals surface area contributed by atoms with Gasteiger partial charge in [-0.3, -0.25) is 14.5 Å². The largest absolute Gasteiger partial charge is 0.507 e. The number of Topliss-reactive ketones (excluding diaryl/α,β-unsaturated/α-hetero) is 1. The van der Waals surface area contributed by atoms with E-state index in [0.717, 1.165) is 5.56 Å². The molecule has 1 unspecified atom stereocenters. The molecule has 174 valence electrons. The van der Waals surface area contributed by atoms with Gasteiger partial charge in [0, 0.05) is 16.8 Å². The van der Waals surface area contributed by atoms with E-state index < -0.39 is 23.5 Å². The number of hydrogen-bond donors (Lipinski definition) is 1. The molecule has 0 radical (unpaired) electrons. The number of carbonyl (C=O) groups is 2. The molecule has 0 aromatic heterocycles. The molecule has 0 bridgehead atoms. The summed E-state index contributed by atoms with van der Waals surface area (Å²) in [5.74, 6) is -1.36. The molecule has 1 saturated heterocycles. The molecule has 1 aliphatic rings. The van der Waals surface area contributed by atoms with Crippen LogP contribution in [0.25, 0.3) is 5.76 Å². The van der Waals surface area contributed by atoms with Crippen molar-refractivity contribution in [3.8, 4) is 11.5 Å². The van der Waals surface area contributed by atoms with Gasteiger partial charge in [-0.15, -0.1) is 0 Å². The number of amides is 1. The predicted octanol–water partition coefficient (Wildman–Crippen LogP) is 5.17. The second kappa shape index (κ2) is 9.39. The first kappa shape index (κ1) is 23.0. The van der Waals surface area contributed by atoms with Crippen molar-refractivity contribution in [1.29, 1.82) is 0 Å². The molecule has 1 fully saturated rings. The summed E-state index contributed by atoms with van der Waals surface area (Å²) in [7, 11) is 1.48. The number of aryl methyl sites for hydroxylation is 1. The summed E-state index contributed by atoms with van der Waals surface area (Å²) in [4.78, 5) is 27.7. The summed E-state index contributed by atoms with van der Waals surface area (Å²) in [6, 6.07) is 16.3. The fraction of sp³-hybridized carbons (Fsp3) is 0.185. The normalized spacial score (nSPS) is 17.2. The lowest BCUT2D eigenvalue weighted by Crippen LogP contribution is -2.29. The lowest BCUT2D eigenvalue weighted by atomic mass is 9.94. The van der Waals surface area contributed by atoms with E-state index in [1.165, 1.54) is 36.3 Å². The molecule has 1 atom stereocenters. The topological polar surface area (TPSA) is 76.1 Å². The van der Waals surface area contributed by atoms with Crippen LogP contribution in [0.5, 0.6) is 11.5 Å². The molecule has 1 N–H and O–H groups in total. The average molecular weight is 461 g/mol. The van der Waals surface area contributed by atoms with Crippen LogP contribution in [0.1, 0.15) is 29.7 Å². The minimum Gasteiger partial charge on any atom is -0.507 e. The Hall–Kier alpha value is -4.13. The zero-order valence-corrected chi connectivity index (χ0v) is 19.0. The first-order valence-corrected chi connectivity index (χ1v) is 10.8. The van der Waals surface area contributed by atoms with Crippen molar-refractivity contribution in [2.75, 3.05) is 18.6 Å². The Balaban J connectivity index is 1.94. The van der Waals surface area contributed by atoms with Gasteiger partial charge >= 0.3 is 0 Å². The lowest BCUT2D eigenvalue weighted by molar-refractivity contribution is -0.132. The fourth-order valence-corrected chi connectivity index (χ4v) is 4.16. The third kappa shape index (κ3) is 4.01. The van der Waals surface area contributed by atoms with Crippen LogP contribution in [0.2, 0.25) is 0 Å². The number of aliphatic hydroxyl groups is 1. The van der Waals surface area contributed by atoms with Crippen molar-refractivity contribution in [2.45, 2.75) is 19.9 Å². The van der Waals surface area contributed by atoms with Crippen molar-refractivity contribution in [2.24, 2.45) is 0 Å². The number of methoxy groups -OCH3 is 1. The predicted molar refractivity (Wildman–Crippen MR) is 127 cm³/mol. The molecule has 1 aliphatic heterocycles. The number of nitrogens with zero attached hydrogens (tertiary/aromatic N) is 1. The smallest absolute Gasteiger partial charge is 0.300 e. The lowest BCUT2D eigenvalue weighted by Gasteiger charge is -2.26. The van der Waals surface area contributed by atoms with Crippen molar-refractivity contribution < 1.29 is 28.6 Å². The van der Waals surface area contributed by atoms with Crippen molar-refractivity contribution >= 4 is 23.1 Å². The number of rotatable bonds is 6. The van der Waals surface area contributed by atoms with Crippen molar-refractivity contribution in [3.63, 3.8) is 0 Å². The molecule has 1 amide bonds. The number of anilines is 1. The van der Waals surface area contributed by atoms with Crippen LogP contribution in [0, 0.1) is 12.7 Å². The molecule has 3 aromatic rings. The van der Waals surface area contributed by atoms with Gasteiger partial charge in [-0.05, 0) is 67.9 Å². The molecule has 0 aliphatic carbocycles. The first-order chi connectivity index (χ1) is 16.4. The number of benzene rings is 3. The molecule has 6 nitrogen and oxygen atoms in total. The van der Waals surface area contributed by atoms with Gasteiger partial charge in [-0.25, -0.2) is 4.39 Å². The number of hydrogen-bond acceptors (Lipinski definition) is 5.